The van der Waals surface area contributed by atoms with Crippen LogP contribution < -0.4 is 9.47 Å². The first-order chi connectivity index (χ1) is 10.9. The molecule has 0 spiro atoms. The highest BCUT2D eigenvalue weighted by atomic mass is 79.9. The molecule has 0 saturated carbocycles. The molecule has 7 heteroatoms. The van der Waals surface area contributed by atoms with Crippen LogP contribution in [0.1, 0.15) is 11.1 Å². The molecule has 2 rings (SSSR count). The first kappa shape index (κ1) is 17.6. The summed E-state index contributed by atoms with van der Waals surface area (Å²) in [4.78, 5) is 11.2. The van der Waals surface area contributed by atoms with E-state index in [9.17, 15) is 9.18 Å². The van der Waals surface area contributed by atoms with Gasteiger partial charge in [0.05, 0.1) is 17.1 Å². The molecule has 0 saturated heterocycles. The van der Waals surface area contributed by atoms with E-state index in [1.807, 2.05) is 6.92 Å². The van der Waals surface area contributed by atoms with Crippen LogP contribution in [0.4, 0.5) is 9.18 Å². The Balaban J connectivity index is 2.23. The lowest BCUT2D eigenvalue weighted by atomic mass is 10.2. The average Bonchev–Trinajstić information content (AvgIpc) is 2.51. The normalized spacial score (nSPS) is 10.3. The summed E-state index contributed by atoms with van der Waals surface area (Å²) >= 11 is 9.42. The molecule has 0 amide bonds. The van der Waals surface area contributed by atoms with Crippen LogP contribution in [0, 0.1) is 12.7 Å². The SMILES string of the molecule is COC(=O)Oc1cccc(F)c1COc1cc(Cl)c(C)cc1Br. The third-order valence-electron chi connectivity index (χ3n) is 3.02. The molecule has 122 valence electrons. The van der Waals surface area contributed by atoms with E-state index in [1.165, 1.54) is 25.3 Å². The number of carbonyl (C=O) groups is 1. The van der Waals surface area contributed by atoms with Crippen molar-refractivity contribution in [2.45, 2.75) is 13.5 Å². The summed E-state index contributed by atoms with van der Waals surface area (Å²) in [5, 5.41) is 0.530. The smallest absolute Gasteiger partial charge is 0.487 e. The molecule has 0 atom stereocenters. The van der Waals surface area contributed by atoms with Crippen molar-refractivity contribution in [3.8, 4) is 11.5 Å². The Labute approximate surface area is 146 Å². The fraction of sp³-hybridized carbons (Fsp3) is 0.188. The summed E-state index contributed by atoms with van der Waals surface area (Å²) < 4.78 is 29.6. The number of carbonyl (C=O) groups excluding carboxylic acids is 1. The summed E-state index contributed by atoms with van der Waals surface area (Å²) in [6, 6.07) is 7.55. The van der Waals surface area contributed by atoms with Gasteiger partial charge in [0.25, 0.3) is 0 Å². The molecule has 0 bridgehead atoms. The van der Waals surface area contributed by atoms with Gasteiger partial charge in [-0.25, -0.2) is 9.18 Å². The Morgan fingerprint density at radius 1 is 1.30 bits per heavy atom. The lowest BCUT2D eigenvalue weighted by Gasteiger charge is -2.13. The van der Waals surface area contributed by atoms with Gasteiger partial charge >= 0.3 is 6.16 Å². The Morgan fingerprint density at radius 2 is 2.04 bits per heavy atom. The van der Waals surface area contributed by atoms with E-state index < -0.39 is 12.0 Å². The van der Waals surface area contributed by atoms with Crippen molar-refractivity contribution in [1.82, 2.24) is 0 Å². The number of halogens is 3. The second-order valence-electron chi connectivity index (χ2n) is 4.59. The maximum absolute atomic E-state index is 14.0. The zero-order valence-electron chi connectivity index (χ0n) is 12.4. The molecule has 23 heavy (non-hydrogen) atoms. The van der Waals surface area contributed by atoms with Gasteiger partial charge in [-0.2, -0.15) is 0 Å². The standard InChI is InChI=1S/C16H13BrClFO4/c1-9-6-11(17)15(7-12(9)18)22-8-10-13(19)4-3-5-14(10)23-16(20)21-2/h3-7H,8H2,1-2H3. The molecule has 0 radical (unpaired) electrons. The predicted octanol–water partition coefficient (Wildman–Crippen LogP) is 5.27. The van der Waals surface area contributed by atoms with Crippen molar-refractivity contribution in [2.75, 3.05) is 7.11 Å². The molecule has 4 nitrogen and oxygen atoms in total. The number of rotatable bonds is 4. The quantitative estimate of drug-likeness (QED) is 0.515. The number of hydrogen-bond acceptors (Lipinski definition) is 4. The summed E-state index contributed by atoms with van der Waals surface area (Å²) in [5.74, 6) is -0.0696. The highest BCUT2D eigenvalue weighted by Gasteiger charge is 2.15. The van der Waals surface area contributed by atoms with Crippen molar-refractivity contribution in [1.29, 1.82) is 0 Å². The van der Waals surface area contributed by atoms with Gasteiger partial charge in [0, 0.05) is 11.1 Å². The maximum atomic E-state index is 14.0. The number of hydrogen-bond donors (Lipinski definition) is 0. The van der Waals surface area contributed by atoms with Crippen molar-refractivity contribution < 1.29 is 23.4 Å². The van der Waals surface area contributed by atoms with E-state index >= 15 is 0 Å². The van der Waals surface area contributed by atoms with Crippen molar-refractivity contribution in [3.63, 3.8) is 0 Å². The summed E-state index contributed by atoms with van der Waals surface area (Å²) in [5.41, 5.74) is 0.980. The zero-order valence-corrected chi connectivity index (χ0v) is 14.7. The minimum absolute atomic E-state index is 0.0335. The number of ether oxygens (including phenoxy) is 3. The summed E-state index contributed by atoms with van der Waals surface area (Å²) in [7, 11) is 1.17. The molecular formula is C16H13BrClFO4. The van der Waals surface area contributed by atoms with Crippen molar-refractivity contribution in [3.05, 3.63) is 56.8 Å². The van der Waals surface area contributed by atoms with E-state index in [-0.39, 0.29) is 17.9 Å². The first-order valence-corrected chi connectivity index (χ1v) is 7.71. The van der Waals surface area contributed by atoms with Crippen LogP contribution in [-0.4, -0.2) is 13.3 Å². The van der Waals surface area contributed by atoms with Gasteiger partial charge in [-0.15, -0.1) is 0 Å². The Morgan fingerprint density at radius 3 is 2.74 bits per heavy atom. The summed E-state index contributed by atoms with van der Waals surface area (Å²) in [6.07, 6.45) is -0.934. The lowest BCUT2D eigenvalue weighted by molar-refractivity contribution is 0.120. The fourth-order valence-electron chi connectivity index (χ4n) is 1.79. The Kier molecular flexibility index (Phi) is 5.85. The van der Waals surface area contributed by atoms with Crippen LogP contribution >= 0.6 is 27.5 Å². The van der Waals surface area contributed by atoms with Gasteiger partial charge < -0.3 is 14.2 Å². The van der Waals surface area contributed by atoms with Crippen LogP contribution in [-0.2, 0) is 11.3 Å². The minimum atomic E-state index is -0.934. The highest BCUT2D eigenvalue weighted by Crippen LogP contribution is 2.32. The van der Waals surface area contributed by atoms with Crippen LogP contribution in [0.15, 0.2) is 34.8 Å². The first-order valence-electron chi connectivity index (χ1n) is 6.54. The second-order valence-corrected chi connectivity index (χ2v) is 5.85. The Hall–Kier alpha value is -1.79. The van der Waals surface area contributed by atoms with Gasteiger partial charge in [0.2, 0.25) is 0 Å². The summed E-state index contributed by atoms with van der Waals surface area (Å²) in [6.45, 7) is 1.72. The van der Waals surface area contributed by atoms with E-state index in [4.69, 9.17) is 21.1 Å². The van der Waals surface area contributed by atoms with E-state index in [1.54, 1.807) is 12.1 Å². The van der Waals surface area contributed by atoms with E-state index in [0.29, 0.717) is 15.2 Å². The maximum Gasteiger partial charge on any atom is 0.513 e. The van der Waals surface area contributed by atoms with E-state index in [0.717, 1.165) is 5.56 Å². The topological polar surface area (TPSA) is 44.8 Å². The van der Waals surface area contributed by atoms with Crippen LogP contribution in [0.3, 0.4) is 0 Å². The fourth-order valence-corrected chi connectivity index (χ4v) is 2.52. The lowest BCUT2D eigenvalue weighted by Crippen LogP contribution is -2.11. The molecule has 0 unspecified atom stereocenters. The third kappa shape index (κ3) is 4.36. The highest BCUT2D eigenvalue weighted by molar-refractivity contribution is 9.10. The largest absolute Gasteiger partial charge is 0.513 e. The van der Waals surface area contributed by atoms with Gasteiger partial charge in [0.15, 0.2) is 0 Å². The molecule has 0 aliphatic rings. The average molecular weight is 404 g/mol. The molecule has 0 aliphatic carbocycles. The van der Waals surface area contributed by atoms with Crippen LogP contribution in [0.25, 0.3) is 0 Å². The number of methoxy groups -OCH3 is 1. The molecular weight excluding hydrogens is 391 g/mol. The molecule has 2 aromatic rings. The number of aryl methyl sites for hydroxylation is 1. The third-order valence-corrected chi connectivity index (χ3v) is 4.05. The van der Waals surface area contributed by atoms with Gasteiger partial charge in [0.1, 0.15) is 23.9 Å². The van der Waals surface area contributed by atoms with Crippen LogP contribution in [0.5, 0.6) is 11.5 Å². The molecule has 0 N–H and O–H groups in total. The predicted molar refractivity (Wildman–Crippen MR) is 87.7 cm³/mol. The second kappa shape index (κ2) is 7.66. The monoisotopic (exact) mass is 402 g/mol. The zero-order chi connectivity index (χ0) is 17.0. The van der Waals surface area contributed by atoms with Crippen LogP contribution in [0.2, 0.25) is 5.02 Å². The molecule has 0 aliphatic heterocycles. The molecule has 2 aromatic carbocycles. The minimum Gasteiger partial charge on any atom is -0.487 e. The molecule has 0 fully saturated rings. The molecule has 0 heterocycles. The van der Waals surface area contributed by atoms with Crippen molar-refractivity contribution >= 4 is 33.7 Å². The number of benzene rings is 2. The van der Waals surface area contributed by atoms with Gasteiger partial charge in [-0.1, -0.05) is 17.7 Å². The van der Waals surface area contributed by atoms with Crippen molar-refractivity contribution in [2.24, 2.45) is 0 Å². The Bertz CT molecular complexity index is 736. The molecule has 0 aromatic heterocycles. The van der Waals surface area contributed by atoms with Gasteiger partial charge in [-0.05, 0) is 46.6 Å². The van der Waals surface area contributed by atoms with Gasteiger partial charge in [-0.3, -0.25) is 0 Å². The van der Waals surface area contributed by atoms with E-state index in [2.05, 4.69) is 20.7 Å².